The molecule has 2 N–H and O–H groups in total. The molecule has 0 spiro atoms. The van der Waals surface area contributed by atoms with Crippen molar-refractivity contribution in [3.8, 4) is 0 Å². The van der Waals surface area contributed by atoms with Crippen LogP contribution in [0.3, 0.4) is 0 Å². The van der Waals surface area contributed by atoms with E-state index in [2.05, 4.69) is 41.0 Å². The Bertz CT molecular complexity index is 1250. The minimum absolute atomic E-state index is 0.121. The second kappa shape index (κ2) is 9.53. The third kappa shape index (κ3) is 4.58. The van der Waals surface area contributed by atoms with Crippen LogP contribution in [0.15, 0.2) is 47.4 Å². The zero-order valence-corrected chi connectivity index (χ0v) is 22.5. The number of fused-ring (bicyclic) bond motifs is 1. The molecule has 2 aromatic rings. The maximum atomic E-state index is 12.9. The molecule has 2 heterocycles. The number of benzene rings is 2. The number of rotatable bonds is 7. The van der Waals surface area contributed by atoms with Gasteiger partial charge in [0.25, 0.3) is 5.91 Å². The zero-order chi connectivity index (χ0) is 25.9. The topological polar surface area (TPSA) is 78.5 Å². The normalized spacial score (nSPS) is 31.6. The molecule has 2 aromatic carbocycles. The fraction of sp³-hybridized carbons (Fsp3) is 0.516. The molecule has 38 heavy (non-hydrogen) atoms. The molecule has 198 valence electrons. The van der Waals surface area contributed by atoms with E-state index in [-0.39, 0.29) is 24.1 Å². The monoisotopic (exact) mass is 529 g/mol. The summed E-state index contributed by atoms with van der Waals surface area (Å²) in [4.78, 5) is 39.4. The molecule has 7 heteroatoms. The highest BCUT2D eigenvalue weighted by atomic mass is 32.2. The maximum Gasteiger partial charge on any atom is 0.255 e. The molecule has 0 radical (unpaired) electrons. The van der Waals surface area contributed by atoms with Crippen LogP contribution in [0, 0.1) is 17.8 Å². The van der Waals surface area contributed by atoms with Gasteiger partial charge in [-0.05, 0) is 97.6 Å². The Kier molecular flexibility index (Phi) is 6.12. The number of imide groups is 1. The van der Waals surface area contributed by atoms with Crippen LogP contribution in [0.4, 0.5) is 0 Å². The van der Waals surface area contributed by atoms with E-state index in [1.165, 1.54) is 49.7 Å². The molecular formula is C31H35N3O3S. The second-order valence-corrected chi connectivity index (χ2v) is 13.4. The Labute approximate surface area is 228 Å². The van der Waals surface area contributed by atoms with Crippen LogP contribution in [-0.2, 0) is 28.4 Å². The van der Waals surface area contributed by atoms with E-state index in [1.807, 2.05) is 12.1 Å². The summed E-state index contributed by atoms with van der Waals surface area (Å²) in [5, 5.41) is 6.37. The van der Waals surface area contributed by atoms with Crippen molar-refractivity contribution in [2.45, 2.75) is 86.7 Å². The molecule has 3 amide bonds. The van der Waals surface area contributed by atoms with Gasteiger partial charge in [-0.1, -0.05) is 24.3 Å². The molecule has 1 saturated heterocycles. The molecule has 4 bridgehead atoms. The number of thioether (sulfide) groups is 1. The van der Waals surface area contributed by atoms with Gasteiger partial charge in [-0.2, -0.15) is 0 Å². The lowest BCUT2D eigenvalue weighted by Crippen LogP contribution is -2.58. The molecule has 0 aromatic heterocycles. The summed E-state index contributed by atoms with van der Waals surface area (Å²) in [5.74, 6) is 3.01. The first-order valence-corrected chi connectivity index (χ1v) is 15.1. The molecule has 4 saturated carbocycles. The van der Waals surface area contributed by atoms with E-state index in [0.717, 1.165) is 40.5 Å². The van der Waals surface area contributed by atoms with Gasteiger partial charge in [-0.15, -0.1) is 11.8 Å². The van der Waals surface area contributed by atoms with Crippen molar-refractivity contribution in [1.29, 1.82) is 0 Å². The van der Waals surface area contributed by atoms with Crippen LogP contribution in [0.1, 0.15) is 78.4 Å². The summed E-state index contributed by atoms with van der Waals surface area (Å²) in [7, 11) is 0. The van der Waals surface area contributed by atoms with E-state index in [0.29, 0.717) is 24.1 Å². The highest BCUT2D eigenvalue weighted by molar-refractivity contribution is 7.98. The number of carbonyl (C=O) groups excluding carboxylic acids is 3. The number of hydrogen-bond acceptors (Lipinski definition) is 5. The molecule has 1 unspecified atom stereocenters. The van der Waals surface area contributed by atoms with Crippen LogP contribution >= 0.6 is 11.8 Å². The van der Waals surface area contributed by atoms with Gasteiger partial charge in [0.1, 0.15) is 6.04 Å². The average Bonchev–Trinajstić information content (AvgIpc) is 3.21. The lowest BCUT2D eigenvalue weighted by molar-refractivity contribution is -0.136. The summed E-state index contributed by atoms with van der Waals surface area (Å²) < 4.78 is 0. The van der Waals surface area contributed by atoms with E-state index < -0.39 is 6.04 Å². The second-order valence-electron chi connectivity index (χ2n) is 12.4. The van der Waals surface area contributed by atoms with Gasteiger partial charge < -0.3 is 10.2 Å². The molecule has 1 atom stereocenters. The van der Waals surface area contributed by atoms with Gasteiger partial charge >= 0.3 is 0 Å². The van der Waals surface area contributed by atoms with Gasteiger partial charge in [0.2, 0.25) is 11.8 Å². The number of carbonyl (C=O) groups is 3. The quantitative estimate of drug-likeness (QED) is 0.398. The number of nitrogens with zero attached hydrogens (tertiary/aromatic N) is 1. The largest absolute Gasteiger partial charge is 0.322 e. The molecule has 5 fully saturated rings. The van der Waals surface area contributed by atoms with E-state index in [9.17, 15) is 14.4 Å². The Morgan fingerprint density at radius 3 is 2.29 bits per heavy atom. The van der Waals surface area contributed by atoms with E-state index >= 15 is 0 Å². The molecular weight excluding hydrogens is 494 g/mol. The van der Waals surface area contributed by atoms with Gasteiger partial charge in [0, 0.05) is 41.3 Å². The minimum atomic E-state index is -0.570. The first-order valence-electron chi connectivity index (χ1n) is 14.2. The first-order chi connectivity index (χ1) is 18.4. The maximum absolute atomic E-state index is 12.9. The summed E-state index contributed by atoms with van der Waals surface area (Å²) >= 11 is 1.77. The van der Waals surface area contributed by atoms with Crippen molar-refractivity contribution in [3.63, 3.8) is 0 Å². The molecule has 4 aliphatic carbocycles. The third-order valence-electron chi connectivity index (χ3n) is 9.63. The Morgan fingerprint density at radius 1 is 0.921 bits per heavy atom. The fourth-order valence-electron chi connectivity index (χ4n) is 8.18. The van der Waals surface area contributed by atoms with Crippen molar-refractivity contribution in [1.82, 2.24) is 15.5 Å². The molecule has 8 rings (SSSR count). The number of nitrogens with one attached hydrogen (secondary N) is 2. The van der Waals surface area contributed by atoms with Crippen LogP contribution < -0.4 is 10.6 Å². The van der Waals surface area contributed by atoms with E-state index in [4.69, 9.17) is 0 Å². The van der Waals surface area contributed by atoms with Gasteiger partial charge in [-0.25, -0.2) is 0 Å². The number of piperidine rings is 1. The van der Waals surface area contributed by atoms with Crippen LogP contribution in [0.5, 0.6) is 0 Å². The van der Waals surface area contributed by atoms with Crippen molar-refractivity contribution >= 4 is 29.5 Å². The number of amides is 3. The lowest BCUT2D eigenvalue weighted by Gasteiger charge is -2.57. The Morgan fingerprint density at radius 2 is 1.61 bits per heavy atom. The van der Waals surface area contributed by atoms with Gasteiger partial charge in [0.15, 0.2) is 0 Å². The average molecular weight is 530 g/mol. The van der Waals surface area contributed by atoms with Gasteiger partial charge in [-0.3, -0.25) is 19.7 Å². The summed E-state index contributed by atoms with van der Waals surface area (Å²) in [6, 6.07) is 14.4. The van der Waals surface area contributed by atoms with Gasteiger partial charge in [0.05, 0.1) is 0 Å². The zero-order valence-electron chi connectivity index (χ0n) is 21.7. The molecule has 6 nitrogen and oxygen atoms in total. The lowest BCUT2D eigenvalue weighted by atomic mass is 9.53. The van der Waals surface area contributed by atoms with Crippen LogP contribution in [0.25, 0.3) is 0 Å². The highest BCUT2D eigenvalue weighted by Gasteiger charge is 2.50. The molecule has 6 aliphatic rings. The fourth-order valence-corrected chi connectivity index (χ4v) is 9.09. The first kappa shape index (κ1) is 24.4. The summed E-state index contributed by atoms with van der Waals surface area (Å²) in [6.45, 7) is 1.38. The van der Waals surface area contributed by atoms with Crippen molar-refractivity contribution in [2.75, 3.05) is 0 Å². The van der Waals surface area contributed by atoms with Crippen LogP contribution in [0.2, 0.25) is 0 Å². The number of hydrogen-bond donors (Lipinski definition) is 2. The summed E-state index contributed by atoms with van der Waals surface area (Å²) in [5.41, 5.74) is 4.66. The SMILES string of the molecule is O=C1CCC(N2Cc3cc(SCc4ccc(CNC56CC7CC(CC(C7)C5)C6)cc4)ccc3C2=O)C(=O)N1. The highest BCUT2D eigenvalue weighted by Crippen LogP contribution is 2.55. The third-order valence-corrected chi connectivity index (χ3v) is 10.7. The predicted molar refractivity (Wildman–Crippen MR) is 146 cm³/mol. The van der Waals surface area contributed by atoms with Crippen molar-refractivity contribution in [2.24, 2.45) is 17.8 Å². The van der Waals surface area contributed by atoms with Crippen molar-refractivity contribution in [3.05, 3.63) is 64.7 Å². The molecule has 2 aliphatic heterocycles. The van der Waals surface area contributed by atoms with E-state index in [1.54, 1.807) is 16.7 Å². The Balaban J connectivity index is 0.941. The smallest absolute Gasteiger partial charge is 0.255 e. The van der Waals surface area contributed by atoms with Crippen LogP contribution in [-0.4, -0.2) is 34.2 Å². The standard InChI is InChI=1S/C31H35N3O3S/c35-28-8-7-27(29(36)33-28)34-17-24-12-25(5-6-26(24)30(34)37)38-18-20-3-1-19(2-4-20)16-32-31-13-21-9-22(14-31)11-23(10-21)15-31/h1-6,12,21-23,27,32H,7-11,13-18H2,(H,33,35,36). The minimum Gasteiger partial charge on any atom is -0.322 e. The van der Waals surface area contributed by atoms with Crippen molar-refractivity contribution < 1.29 is 14.4 Å². The Hall–Kier alpha value is -2.64. The predicted octanol–water partition coefficient (Wildman–Crippen LogP) is 4.80. The summed E-state index contributed by atoms with van der Waals surface area (Å²) in [6.07, 6.45) is 9.24.